The Labute approximate surface area is 144 Å². The molecule has 0 saturated carbocycles. The summed E-state index contributed by atoms with van der Waals surface area (Å²) in [6.45, 7) is 1.18. The molecule has 132 valence electrons. The molecule has 1 atom stereocenters. The lowest BCUT2D eigenvalue weighted by molar-refractivity contribution is 0.310. The Bertz CT molecular complexity index is 811. The van der Waals surface area contributed by atoms with Gasteiger partial charge in [-0.05, 0) is 62.5 Å². The van der Waals surface area contributed by atoms with E-state index in [2.05, 4.69) is 35.3 Å². The molecule has 1 aliphatic rings. The van der Waals surface area contributed by atoms with E-state index in [0.717, 1.165) is 17.5 Å². The molecule has 0 bridgehead atoms. The van der Waals surface area contributed by atoms with Crippen molar-refractivity contribution in [3.8, 4) is 0 Å². The number of sulfonamides is 1. The lowest BCUT2D eigenvalue weighted by Crippen LogP contribution is -2.26. The first-order chi connectivity index (χ1) is 11.4. The van der Waals surface area contributed by atoms with Crippen molar-refractivity contribution < 1.29 is 8.42 Å². The number of aryl methyl sites for hydroxylation is 1. The van der Waals surface area contributed by atoms with E-state index in [1.165, 1.54) is 34.6 Å². The lowest BCUT2D eigenvalue weighted by atomic mass is 10.0. The van der Waals surface area contributed by atoms with Crippen molar-refractivity contribution in [2.24, 2.45) is 0 Å². The van der Waals surface area contributed by atoms with Crippen LogP contribution in [0.15, 0.2) is 24.4 Å². The number of hydrogen-bond donors (Lipinski definition) is 1. The molecule has 2 heterocycles. The van der Waals surface area contributed by atoms with Crippen LogP contribution in [-0.2, 0) is 22.9 Å². The van der Waals surface area contributed by atoms with Gasteiger partial charge in [0.05, 0.1) is 5.75 Å². The van der Waals surface area contributed by atoms with Gasteiger partial charge in [-0.25, -0.2) is 12.7 Å². The zero-order valence-corrected chi connectivity index (χ0v) is 15.6. The van der Waals surface area contributed by atoms with Gasteiger partial charge in [-0.1, -0.05) is 6.07 Å². The molecule has 2 aromatic rings. The molecule has 1 N–H and O–H groups in total. The van der Waals surface area contributed by atoms with E-state index < -0.39 is 10.0 Å². The Morgan fingerprint density at radius 1 is 1.33 bits per heavy atom. The number of likely N-dealkylation sites (N-methyl/N-ethyl adjacent to an activating group) is 1. The van der Waals surface area contributed by atoms with Gasteiger partial charge in [0.25, 0.3) is 0 Å². The molecule has 0 amide bonds. The number of rotatable bonds is 6. The highest BCUT2D eigenvalue weighted by Crippen LogP contribution is 2.25. The highest BCUT2D eigenvalue weighted by atomic mass is 32.2. The monoisotopic (exact) mass is 349 g/mol. The average Bonchev–Trinajstić information content (AvgIpc) is 3.12. The number of fused-ring (bicyclic) bond motifs is 1. The first kappa shape index (κ1) is 17.5. The van der Waals surface area contributed by atoms with Gasteiger partial charge < -0.3 is 9.88 Å². The fourth-order valence-electron chi connectivity index (χ4n) is 3.47. The van der Waals surface area contributed by atoms with Crippen LogP contribution in [0.3, 0.4) is 0 Å². The topological polar surface area (TPSA) is 56.4 Å². The van der Waals surface area contributed by atoms with Gasteiger partial charge in [0.15, 0.2) is 0 Å². The van der Waals surface area contributed by atoms with E-state index in [4.69, 9.17) is 0 Å². The van der Waals surface area contributed by atoms with Crippen LogP contribution in [-0.4, -0.2) is 62.1 Å². The summed E-state index contributed by atoms with van der Waals surface area (Å²) in [5, 5.41) is 1.23. The second-order valence-corrected chi connectivity index (χ2v) is 9.33. The molecule has 1 aromatic carbocycles. The number of likely N-dealkylation sites (tertiary alicyclic amines) is 1. The molecule has 24 heavy (non-hydrogen) atoms. The lowest BCUT2D eigenvalue weighted by Gasteiger charge is -2.18. The molecular weight excluding hydrogens is 322 g/mol. The van der Waals surface area contributed by atoms with E-state index in [-0.39, 0.29) is 5.75 Å². The summed E-state index contributed by atoms with van der Waals surface area (Å²) in [6.07, 6.45) is 6.23. The van der Waals surface area contributed by atoms with Crippen LogP contribution in [0.1, 0.15) is 24.0 Å². The van der Waals surface area contributed by atoms with E-state index in [1.54, 1.807) is 14.1 Å². The van der Waals surface area contributed by atoms with Crippen LogP contribution in [0.5, 0.6) is 0 Å². The van der Waals surface area contributed by atoms with Gasteiger partial charge in [-0.3, -0.25) is 0 Å². The highest BCUT2D eigenvalue weighted by molar-refractivity contribution is 7.89. The molecule has 0 radical (unpaired) electrons. The molecule has 1 aliphatic heterocycles. The average molecular weight is 350 g/mol. The molecule has 5 nitrogen and oxygen atoms in total. The number of aromatic amines is 1. The SMILES string of the molecule is CN1CCCC1Cc1c[nH]c2ccc(CCS(=O)(=O)N(C)C)cc12. The molecule has 1 saturated heterocycles. The second-order valence-electron chi connectivity index (χ2n) is 7.02. The van der Waals surface area contributed by atoms with Crippen molar-refractivity contribution in [1.82, 2.24) is 14.2 Å². The van der Waals surface area contributed by atoms with Gasteiger partial charge in [-0.2, -0.15) is 0 Å². The second kappa shape index (κ2) is 6.86. The molecule has 1 unspecified atom stereocenters. The largest absolute Gasteiger partial charge is 0.361 e. The van der Waals surface area contributed by atoms with Gasteiger partial charge in [0.2, 0.25) is 10.0 Å². The number of benzene rings is 1. The van der Waals surface area contributed by atoms with Crippen molar-refractivity contribution in [3.63, 3.8) is 0 Å². The molecular formula is C18H27N3O2S. The Morgan fingerprint density at radius 3 is 2.79 bits per heavy atom. The Kier molecular flexibility index (Phi) is 4.99. The third-order valence-electron chi connectivity index (χ3n) is 5.16. The van der Waals surface area contributed by atoms with Crippen molar-refractivity contribution in [3.05, 3.63) is 35.5 Å². The van der Waals surface area contributed by atoms with Crippen LogP contribution in [0.25, 0.3) is 10.9 Å². The maximum absolute atomic E-state index is 12.0. The number of H-pyrrole nitrogens is 1. The number of nitrogens with one attached hydrogen (secondary N) is 1. The van der Waals surface area contributed by atoms with E-state index >= 15 is 0 Å². The number of hydrogen-bond acceptors (Lipinski definition) is 3. The zero-order valence-electron chi connectivity index (χ0n) is 14.7. The van der Waals surface area contributed by atoms with Gasteiger partial charge in [0, 0.05) is 37.2 Å². The fourth-order valence-corrected chi connectivity index (χ4v) is 4.33. The summed E-state index contributed by atoms with van der Waals surface area (Å²) in [6, 6.07) is 6.85. The highest BCUT2D eigenvalue weighted by Gasteiger charge is 2.22. The smallest absolute Gasteiger partial charge is 0.213 e. The van der Waals surface area contributed by atoms with Crippen LogP contribution >= 0.6 is 0 Å². The van der Waals surface area contributed by atoms with Crippen molar-refractivity contribution in [1.29, 1.82) is 0 Å². The van der Waals surface area contributed by atoms with Gasteiger partial charge >= 0.3 is 0 Å². The van der Waals surface area contributed by atoms with Crippen LogP contribution in [0.4, 0.5) is 0 Å². The van der Waals surface area contributed by atoms with Gasteiger partial charge in [-0.15, -0.1) is 0 Å². The quantitative estimate of drug-likeness (QED) is 0.870. The van der Waals surface area contributed by atoms with E-state index in [9.17, 15) is 8.42 Å². The summed E-state index contributed by atoms with van der Waals surface area (Å²) in [4.78, 5) is 5.79. The van der Waals surface area contributed by atoms with Crippen molar-refractivity contribution in [2.45, 2.75) is 31.7 Å². The molecule has 0 spiro atoms. The summed E-state index contributed by atoms with van der Waals surface area (Å²) in [5.74, 6) is 0.149. The molecule has 1 aromatic heterocycles. The van der Waals surface area contributed by atoms with E-state index in [1.807, 2.05) is 6.07 Å². The first-order valence-electron chi connectivity index (χ1n) is 8.56. The third-order valence-corrected chi connectivity index (χ3v) is 7.00. The van der Waals surface area contributed by atoms with Gasteiger partial charge in [0.1, 0.15) is 0 Å². The number of aromatic nitrogens is 1. The Morgan fingerprint density at radius 2 is 2.12 bits per heavy atom. The molecule has 3 rings (SSSR count). The molecule has 1 fully saturated rings. The van der Waals surface area contributed by atoms with Crippen molar-refractivity contribution in [2.75, 3.05) is 33.4 Å². The standard InChI is InChI=1S/C18H27N3O2S/c1-20(2)24(22,23)10-8-14-6-7-18-17(11-14)15(13-19-18)12-16-5-4-9-21(16)3/h6-7,11,13,16,19H,4-5,8-10,12H2,1-3H3. The fraction of sp³-hybridized carbons (Fsp3) is 0.556. The summed E-state index contributed by atoms with van der Waals surface area (Å²) in [5.41, 5.74) is 3.54. The zero-order chi connectivity index (χ0) is 17.3. The van der Waals surface area contributed by atoms with E-state index in [0.29, 0.717) is 12.5 Å². The summed E-state index contributed by atoms with van der Waals surface area (Å²) >= 11 is 0. The van der Waals surface area contributed by atoms with Crippen molar-refractivity contribution >= 4 is 20.9 Å². The minimum Gasteiger partial charge on any atom is -0.361 e. The first-order valence-corrected chi connectivity index (χ1v) is 10.2. The maximum Gasteiger partial charge on any atom is 0.213 e. The normalized spacial score (nSPS) is 19.6. The Balaban J connectivity index is 1.78. The summed E-state index contributed by atoms with van der Waals surface area (Å²) < 4.78 is 25.2. The van der Waals surface area contributed by atoms with Crippen LogP contribution in [0, 0.1) is 0 Å². The summed E-state index contributed by atoms with van der Waals surface area (Å²) in [7, 11) is 2.21. The third kappa shape index (κ3) is 3.66. The molecule has 6 heteroatoms. The Hall–Kier alpha value is -1.37. The number of nitrogens with zero attached hydrogens (tertiary/aromatic N) is 2. The predicted molar refractivity (Wildman–Crippen MR) is 98.8 cm³/mol. The van der Waals surface area contributed by atoms with Crippen LogP contribution in [0.2, 0.25) is 0 Å². The minimum absolute atomic E-state index is 0.149. The predicted octanol–water partition coefficient (Wildman–Crippen LogP) is 2.24. The maximum atomic E-state index is 12.0. The molecule has 0 aliphatic carbocycles. The van der Waals surface area contributed by atoms with Crippen LogP contribution < -0.4 is 0 Å². The minimum atomic E-state index is -3.15.